The predicted molar refractivity (Wildman–Crippen MR) is 100 cm³/mol. The van der Waals surface area contributed by atoms with Gasteiger partial charge in [0.2, 0.25) is 15.9 Å². The van der Waals surface area contributed by atoms with Crippen molar-refractivity contribution in [3.63, 3.8) is 0 Å². The number of rotatable bonds is 5. The lowest BCUT2D eigenvalue weighted by Crippen LogP contribution is -2.34. The summed E-state index contributed by atoms with van der Waals surface area (Å²) in [7, 11) is -3.30. The first-order valence-corrected chi connectivity index (χ1v) is 10.3. The fraction of sp³-hybridized carbons (Fsp3) is 0.316. The Kier molecular flexibility index (Phi) is 5.27. The smallest absolute Gasteiger partial charge is 0.232 e. The molecule has 26 heavy (non-hydrogen) atoms. The van der Waals surface area contributed by atoms with Gasteiger partial charge in [0.25, 0.3) is 0 Å². The lowest BCUT2D eigenvalue weighted by molar-refractivity contribution is -0.116. The molecular weight excluding hydrogens is 355 g/mol. The van der Waals surface area contributed by atoms with E-state index in [2.05, 4.69) is 5.32 Å². The van der Waals surface area contributed by atoms with Crippen molar-refractivity contribution in [3.8, 4) is 0 Å². The fourth-order valence-electron chi connectivity index (χ4n) is 3.16. The van der Waals surface area contributed by atoms with E-state index >= 15 is 0 Å². The second-order valence-corrected chi connectivity index (χ2v) is 8.37. The Morgan fingerprint density at radius 2 is 2.04 bits per heavy atom. The van der Waals surface area contributed by atoms with Gasteiger partial charge >= 0.3 is 0 Å². The van der Waals surface area contributed by atoms with Crippen LogP contribution in [0.15, 0.2) is 42.5 Å². The Bertz CT molecular complexity index is 928. The summed E-state index contributed by atoms with van der Waals surface area (Å²) in [6, 6.07) is 11.5. The topological polar surface area (TPSA) is 66.5 Å². The number of amides is 1. The summed E-state index contributed by atoms with van der Waals surface area (Å²) < 4.78 is 38.3. The number of anilines is 2. The van der Waals surface area contributed by atoms with Crippen molar-refractivity contribution in [2.45, 2.75) is 25.7 Å². The Hall–Kier alpha value is -2.41. The molecule has 1 heterocycles. The van der Waals surface area contributed by atoms with Gasteiger partial charge in [-0.15, -0.1) is 0 Å². The number of fused-ring (bicyclic) bond motifs is 1. The summed E-state index contributed by atoms with van der Waals surface area (Å²) in [5.41, 5.74) is 3.00. The molecule has 138 valence electrons. The third kappa shape index (κ3) is 4.40. The van der Waals surface area contributed by atoms with Crippen LogP contribution in [0, 0.1) is 5.82 Å². The van der Waals surface area contributed by atoms with Gasteiger partial charge in [0.05, 0.1) is 11.9 Å². The van der Waals surface area contributed by atoms with Crippen LogP contribution in [0.3, 0.4) is 0 Å². The molecule has 0 aromatic heterocycles. The lowest BCUT2D eigenvalue weighted by atomic mass is 10.0. The minimum absolute atomic E-state index is 0.162. The van der Waals surface area contributed by atoms with E-state index in [1.807, 2.05) is 6.07 Å². The highest BCUT2D eigenvalue weighted by molar-refractivity contribution is 7.92. The number of carbonyl (C=O) groups excluding carboxylic acids is 1. The van der Waals surface area contributed by atoms with Crippen LogP contribution in [0.1, 0.15) is 24.0 Å². The molecular formula is C19H21FN2O3S. The van der Waals surface area contributed by atoms with Crippen molar-refractivity contribution in [2.75, 3.05) is 22.4 Å². The highest BCUT2D eigenvalue weighted by Gasteiger charge is 2.24. The minimum atomic E-state index is -3.30. The number of hydrogen-bond acceptors (Lipinski definition) is 3. The van der Waals surface area contributed by atoms with Crippen LogP contribution in [0.5, 0.6) is 0 Å². The van der Waals surface area contributed by atoms with Crippen LogP contribution in [-0.4, -0.2) is 27.1 Å². The predicted octanol–water partition coefficient (Wildman–Crippen LogP) is 3.11. The zero-order valence-corrected chi connectivity index (χ0v) is 15.4. The Morgan fingerprint density at radius 1 is 1.23 bits per heavy atom. The van der Waals surface area contributed by atoms with Crippen molar-refractivity contribution < 1.29 is 17.6 Å². The highest BCUT2D eigenvalue weighted by atomic mass is 32.2. The normalized spacial score (nSPS) is 14.0. The van der Waals surface area contributed by atoms with E-state index in [0.29, 0.717) is 24.3 Å². The summed E-state index contributed by atoms with van der Waals surface area (Å²) in [6.07, 6.45) is 3.42. The minimum Gasteiger partial charge on any atom is -0.326 e. The fourth-order valence-corrected chi connectivity index (χ4v) is 4.15. The molecule has 0 unspecified atom stereocenters. The quantitative estimate of drug-likeness (QED) is 0.872. The van der Waals surface area contributed by atoms with Gasteiger partial charge in [-0.2, -0.15) is 0 Å². The maximum Gasteiger partial charge on any atom is 0.232 e. The van der Waals surface area contributed by atoms with Crippen molar-refractivity contribution in [1.82, 2.24) is 0 Å². The van der Waals surface area contributed by atoms with Crippen molar-refractivity contribution in [1.29, 1.82) is 0 Å². The van der Waals surface area contributed by atoms with Crippen molar-refractivity contribution in [3.05, 3.63) is 59.4 Å². The number of hydrogen-bond donors (Lipinski definition) is 1. The largest absolute Gasteiger partial charge is 0.326 e. The molecule has 1 aliphatic heterocycles. The zero-order chi connectivity index (χ0) is 18.7. The monoisotopic (exact) mass is 376 g/mol. The standard InChI is InChI=1S/C19H21FN2O3S/c1-26(24,25)22-11-3-5-15-13-17(8-9-18(15)22)21-19(23)10-7-14-4-2-6-16(20)12-14/h2,4,6,8-9,12-13H,3,5,7,10-11H2,1H3,(H,21,23). The molecule has 1 aliphatic rings. The summed E-state index contributed by atoms with van der Waals surface area (Å²) in [5.74, 6) is -0.474. The molecule has 0 bridgehead atoms. The van der Waals surface area contributed by atoms with Crippen LogP contribution in [0.2, 0.25) is 0 Å². The summed E-state index contributed by atoms with van der Waals surface area (Å²) in [5, 5.41) is 2.83. The van der Waals surface area contributed by atoms with Gasteiger partial charge < -0.3 is 5.32 Å². The van der Waals surface area contributed by atoms with Crippen molar-refractivity contribution in [2.24, 2.45) is 0 Å². The molecule has 1 amide bonds. The Morgan fingerprint density at radius 3 is 2.77 bits per heavy atom. The average Bonchev–Trinajstić information content (AvgIpc) is 2.58. The molecule has 0 saturated heterocycles. The molecule has 0 atom stereocenters. The van der Waals surface area contributed by atoms with Gasteiger partial charge in [-0.25, -0.2) is 12.8 Å². The molecule has 0 spiro atoms. The number of nitrogens with one attached hydrogen (secondary N) is 1. The second-order valence-electron chi connectivity index (χ2n) is 6.46. The summed E-state index contributed by atoms with van der Waals surface area (Å²) in [6.45, 7) is 0.477. The van der Waals surface area contributed by atoms with E-state index in [1.54, 1.807) is 24.3 Å². The molecule has 0 saturated carbocycles. The third-order valence-electron chi connectivity index (χ3n) is 4.37. The SMILES string of the molecule is CS(=O)(=O)N1CCCc2cc(NC(=O)CCc3cccc(F)c3)ccc21. The summed E-state index contributed by atoms with van der Waals surface area (Å²) >= 11 is 0. The zero-order valence-electron chi connectivity index (χ0n) is 14.5. The Balaban J connectivity index is 1.66. The number of sulfonamides is 1. The number of benzene rings is 2. The molecule has 3 rings (SSSR count). The number of halogens is 1. The average molecular weight is 376 g/mol. The van der Waals surface area contributed by atoms with Gasteiger partial charge in [0, 0.05) is 18.7 Å². The van der Waals surface area contributed by atoms with E-state index < -0.39 is 10.0 Å². The first-order chi connectivity index (χ1) is 12.3. The Labute approximate surface area is 152 Å². The van der Waals surface area contributed by atoms with Crippen LogP contribution >= 0.6 is 0 Å². The van der Waals surface area contributed by atoms with Gasteiger partial charge in [-0.1, -0.05) is 12.1 Å². The number of aryl methyl sites for hydroxylation is 2. The van der Waals surface area contributed by atoms with Crippen LogP contribution in [0.25, 0.3) is 0 Å². The molecule has 0 fully saturated rings. The lowest BCUT2D eigenvalue weighted by Gasteiger charge is -2.29. The molecule has 7 heteroatoms. The van der Waals surface area contributed by atoms with E-state index in [0.717, 1.165) is 24.0 Å². The van der Waals surface area contributed by atoms with Crippen LogP contribution < -0.4 is 9.62 Å². The van der Waals surface area contributed by atoms with Crippen molar-refractivity contribution >= 4 is 27.3 Å². The van der Waals surface area contributed by atoms with E-state index in [4.69, 9.17) is 0 Å². The van der Waals surface area contributed by atoms with E-state index in [1.165, 1.54) is 22.7 Å². The highest BCUT2D eigenvalue weighted by Crippen LogP contribution is 2.31. The van der Waals surface area contributed by atoms with Gasteiger partial charge in [-0.05, 0) is 60.7 Å². The molecule has 0 radical (unpaired) electrons. The van der Waals surface area contributed by atoms with Gasteiger partial charge in [0.1, 0.15) is 5.82 Å². The second kappa shape index (κ2) is 7.45. The van der Waals surface area contributed by atoms with E-state index in [-0.39, 0.29) is 18.1 Å². The molecule has 0 aliphatic carbocycles. The first kappa shape index (κ1) is 18.4. The van der Waals surface area contributed by atoms with Gasteiger partial charge in [0.15, 0.2) is 0 Å². The third-order valence-corrected chi connectivity index (χ3v) is 5.55. The molecule has 1 N–H and O–H groups in total. The maximum atomic E-state index is 13.2. The number of carbonyl (C=O) groups is 1. The number of nitrogens with zero attached hydrogens (tertiary/aromatic N) is 1. The molecule has 2 aromatic carbocycles. The van der Waals surface area contributed by atoms with Gasteiger partial charge in [-0.3, -0.25) is 9.10 Å². The van der Waals surface area contributed by atoms with E-state index in [9.17, 15) is 17.6 Å². The first-order valence-electron chi connectivity index (χ1n) is 8.48. The van der Waals surface area contributed by atoms with Crippen LogP contribution in [0.4, 0.5) is 15.8 Å². The summed E-state index contributed by atoms with van der Waals surface area (Å²) in [4.78, 5) is 12.2. The maximum absolute atomic E-state index is 13.2. The molecule has 2 aromatic rings. The molecule has 5 nitrogen and oxygen atoms in total. The van der Waals surface area contributed by atoms with Crippen LogP contribution in [-0.2, 0) is 27.7 Å².